The maximum atomic E-state index is 9.54. The normalized spacial score (nSPS) is 10.6. The number of thiophene rings is 1. The molecule has 0 bridgehead atoms. The van der Waals surface area contributed by atoms with Crippen LogP contribution in [0, 0.1) is 0 Å². The molecule has 0 spiro atoms. The van der Waals surface area contributed by atoms with Crippen molar-refractivity contribution in [2.24, 2.45) is 0 Å². The van der Waals surface area contributed by atoms with Crippen molar-refractivity contribution < 1.29 is 9.63 Å². The van der Waals surface area contributed by atoms with Crippen LogP contribution in [0.4, 0.5) is 0 Å². The second kappa shape index (κ2) is 3.95. The molecule has 17 heavy (non-hydrogen) atoms. The summed E-state index contributed by atoms with van der Waals surface area (Å²) in [4.78, 5) is 12.5. The third-order valence-corrected chi connectivity index (χ3v) is 2.97. The van der Waals surface area contributed by atoms with E-state index in [1.807, 2.05) is 0 Å². The number of hydrogen-bond acceptors (Lipinski definition) is 7. The highest BCUT2D eigenvalue weighted by Crippen LogP contribution is 2.33. The second-order valence-electron chi connectivity index (χ2n) is 3.15. The Morgan fingerprint density at radius 3 is 2.94 bits per heavy atom. The predicted octanol–water partition coefficient (Wildman–Crippen LogP) is 1.96. The quantitative estimate of drug-likeness (QED) is 0.744. The lowest BCUT2D eigenvalue weighted by Crippen LogP contribution is -1.85. The van der Waals surface area contributed by atoms with Crippen molar-refractivity contribution in [3.05, 3.63) is 30.0 Å². The Bertz CT molecular complexity index is 635. The van der Waals surface area contributed by atoms with Crippen molar-refractivity contribution in [1.29, 1.82) is 0 Å². The van der Waals surface area contributed by atoms with E-state index in [0.29, 0.717) is 16.4 Å². The van der Waals surface area contributed by atoms with E-state index in [-0.39, 0.29) is 11.6 Å². The van der Waals surface area contributed by atoms with Gasteiger partial charge >= 0.3 is 0 Å². The summed E-state index contributed by atoms with van der Waals surface area (Å²) in [6, 6.07) is 3.26. The highest BCUT2D eigenvalue weighted by molar-refractivity contribution is 7.13. The molecule has 0 unspecified atom stereocenters. The molecule has 3 aromatic heterocycles. The van der Waals surface area contributed by atoms with Gasteiger partial charge in [-0.2, -0.15) is 4.98 Å². The first-order valence-corrected chi connectivity index (χ1v) is 5.59. The molecular weight excluding hydrogens is 240 g/mol. The van der Waals surface area contributed by atoms with Crippen LogP contribution in [0.5, 0.6) is 5.75 Å². The van der Waals surface area contributed by atoms with Crippen LogP contribution in [0.2, 0.25) is 0 Å². The van der Waals surface area contributed by atoms with Crippen LogP contribution in [0.15, 0.2) is 34.6 Å². The van der Waals surface area contributed by atoms with Gasteiger partial charge in [0.15, 0.2) is 0 Å². The molecule has 0 aliphatic rings. The van der Waals surface area contributed by atoms with Gasteiger partial charge in [-0.1, -0.05) is 5.16 Å². The summed E-state index contributed by atoms with van der Waals surface area (Å²) in [5.74, 6) is 0.786. The molecule has 7 heteroatoms. The van der Waals surface area contributed by atoms with Gasteiger partial charge in [0, 0.05) is 6.20 Å². The van der Waals surface area contributed by atoms with E-state index in [4.69, 9.17) is 4.52 Å². The first-order valence-electron chi connectivity index (χ1n) is 4.71. The fourth-order valence-electron chi connectivity index (χ4n) is 1.31. The smallest absolute Gasteiger partial charge is 0.272 e. The first kappa shape index (κ1) is 9.91. The lowest BCUT2D eigenvalue weighted by Gasteiger charge is -1.89. The van der Waals surface area contributed by atoms with E-state index in [0.717, 1.165) is 0 Å². The van der Waals surface area contributed by atoms with E-state index in [1.54, 1.807) is 23.7 Å². The molecule has 0 radical (unpaired) electrons. The molecule has 1 N–H and O–H groups in total. The summed E-state index contributed by atoms with van der Waals surface area (Å²) in [6.07, 6.45) is 3.01. The van der Waals surface area contributed by atoms with Crippen LogP contribution < -0.4 is 0 Å². The predicted molar refractivity (Wildman–Crippen MR) is 60.3 cm³/mol. The molecule has 3 heterocycles. The zero-order valence-corrected chi connectivity index (χ0v) is 9.26. The van der Waals surface area contributed by atoms with Gasteiger partial charge in [0.25, 0.3) is 5.89 Å². The Hall–Kier alpha value is -2.28. The van der Waals surface area contributed by atoms with Crippen molar-refractivity contribution in [3.63, 3.8) is 0 Å². The Balaban J connectivity index is 2.02. The number of rotatable bonds is 2. The third-order valence-electron chi connectivity index (χ3n) is 2.08. The molecule has 0 aliphatic carbocycles. The molecule has 0 fully saturated rings. The summed E-state index contributed by atoms with van der Waals surface area (Å²) < 4.78 is 5.07. The highest BCUT2D eigenvalue weighted by Gasteiger charge is 2.15. The van der Waals surface area contributed by atoms with Crippen LogP contribution in [0.1, 0.15) is 0 Å². The van der Waals surface area contributed by atoms with Crippen LogP contribution in [0.3, 0.4) is 0 Å². The Kier molecular flexibility index (Phi) is 2.30. The van der Waals surface area contributed by atoms with Crippen LogP contribution in [-0.4, -0.2) is 25.2 Å². The maximum absolute atomic E-state index is 9.54. The Morgan fingerprint density at radius 1 is 1.29 bits per heavy atom. The zero-order chi connectivity index (χ0) is 11.7. The number of hydrogen-bond donors (Lipinski definition) is 1. The summed E-state index contributed by atoms with van der Waals surface area (Å²) in [6.45, 7) is 0. The van der Waals surface area contributed by atoms with Crippen molar-refractivity contribution in [1.82, 2.24) is 20.1 Å². The minimum absolute atomic E-state index is 0.132. The van der Waals surface area contributed by atoms with Gasteiger partial charge in [0.2, 0.25) is 5.82 Å². The van der Waals surface area contributed by atoms with Crippen LogP contribution in [-0.2, 0) is 0 Å². The summed E-state index contributed by atoms with van der Waals surface area (Å²) in [5.41, 5.74) is 0.575. The molecular formula is C10H6N4O2S. The maximum Gasteiger partial charge on any atom is 0.272 e. The first-order chi connectivity index (χ1) is 8.34. The average molecular weight is 246 g/mol. The molecule has 0 aromatic carbocycles. The van der Waals surface area contributed by atoms with E-state index in [1.165, 1.54) is 17.7 Å². The van der Waals surface area contributed by atoms with Crippen molar-refractivity contribution >= 4 is 11.3 Å². The van der Waals surface area contributed by atoms with Crippen molar-refractivity contribution in [3.8, 4) is 28.0 Å². The van der Waals surface area contributed by atoms with Crippen LogP contribution in [0.25, 0.3) is 22.3 Å². The minimum atomic E-state index is 0.132. The fraction of sp³-hybridized carbons (Fsp3) is 0. The molecule has 6 nitrogen and oxygen atoms in total. The monoisotopic (exact) mass is 246 g/mol. The summed E-state index contributed by atoms with van der Waals surface area (Å²) in [5, 5.41) is 15.1. The molecule has 3 rings (SSSR count). The van der Waals surface area contributed by atoms with Gasteiger partial charge in [0.05, 0.1) is 0 Å². The van der Waals surface area contributed by atoms with Gasteiger partial charge in [-0.05, 0) is 17.5 Å². The Labute approximate surface area is 99.6 Å². The molecule has 0 aliphatic heterocycles. The summed E-state index contributed by atoms with van der Waals surface area (Å²) >= 11 is 1.33. The number of aromatic nitrogens is 4. The molecule has 84 valence electrons. The zero-order valence-electron chi connectivity index (χ0n) is 8.44. The summed E-state index contributed by atoms with van der Waals surface area (Å²) in [7, 11) is 0. The number of nitrogens with zero attached hydrogens (tertiary/aromatic N) is 4. The van der Waals surface area contributed by atoms with Gasteiger partial charge < -0.3 is 9.63 Å². The SMILES string of the molecule is Oc1ccsc1-c1nc(-c2ccncn2)no1. The lowest BCUT2D eigenvalue weighted by molar-refractivity contribution is 0.427. The average Bonchev–Trinajstić information content (AvgIpc) is 2.98. The van der Waals surface area contributed by atoms with E-state index >= 15 is 0 Å². The minimum Gasteiger partial charge on any atom is -0.506 e. The highest BCUT2D eigenvalue weighted by atomic mass is 32.1. The van der Waals surface area contributed by atoms with E-state index in [9.17, 15) is 5.11 Å². The molecule has 0 saturated heterocycles. The van der Waals surface area contributed by atoms with Gasteiger partial charge in [-0.15, -0.1) is 11.3 Å². The topological polar surface area (TPSA) is 84.9 Å². The fourth-order valence-corrected chi connectivity index (χ4v) is 2.01. The van der Waals surface area contributed by atoms with Crippen molar-refractivity contribution in [2.75, 3.05) is 0 Å². The van der Waals surface area contributed by atoms with E-state index < -0.39 is 0 Å². The van der Waals surface area contributed by atoms with Gasteiger partial charge in [-0.3, -0.25) is 0 Å². The lowest BCUT2D eigenvalue weighted by atomic mass is 10.4. The van der Waals surface area contributed by atoms with Gasteiger partial charge in [-0.25, -0.2) is 9.97 Å². The molecule has 0 atom stereocenters. The third kappa shape index (κ3) is 1.76. The van der Waals surface area contributed by atoms with Crippen molar-refractivity contribution in [2.45, 2.75) is 0 Å². The largest absolute Gasteiger partial charge is 0.506 e. The molecule has 0 saturated carbocycles. The van der Waals surface area contributed by atoms with E-state index in [2.05, 4.69) is 20.1 Å². The molecule has 0 amide bonds. The standard InChI is InChI=1S/C10H6N4O2S/c15-7-2-4-17-8(7)10-13-9(14-16-10)6-1-3-11-5-12-6/h1-5,15H. The Morgan fingerprint density at radius 2 is 2.24 bits per heavy atom. The number of aromatic hydroxyl groups is 1. The van der Waals surface area contributed by atoms with Crippen LogP contribution >= 0.6 is 11.3 Å². The second-order valence-corrected chi connectivity index (χ2v) is 4.07. The van der Waals surface area contributed by atoms with Gasteiger partial charge in [0.1, 0.15) is 22.6 Å². The molecule has 3 aromatic rings.